The summed E-state index contributed by atoms with van der Waals surface area (Å²) in [5.74, 6) is 0.234. The van der Waals surface area contributed by atoms with Crippen molar-refractivity contribution in [3.8, 4) is 11.5 Å². The molecule has 94 valence electrons. The van der Waals surface area contributed by atoms with Crippen LogP contribution in [0, 0.1) is 0 Å². The van der Waals surface area contributed by atoms with Crippen LogP contribution in [0.3, 0.4) is 0 Å². The van der Waals surface area contributed by atoms with E-state index in [9.17, 15) is 4.79 Å². The van der Waals surface area contributed by atoms with Crippen molar-refractivity contribution in [2.24, 2.45) is 5.73 Å². The van der Waals surface area contributed by atoms with Crippen molar-refractivity contribution in [3.05, 3.63) is 24.3 Å². The highest BCUT2D eigenvalue weighted by Crippen LogP contribution is 2.26. The Labute approximate surface area is 100 Å². The molecule has 1 atom stereocenters. The molecule has 0 fully saturated rings. The van der Waals surface area contributed by atoms with Gasteiger partial charge in [0.25, 0.3) is 0 Å². The second-order valence-electron chi connectivity index (χ2n) is 3.46. The van der Waals surface area contributed by atoms with Crippen molar-refractivity contribution in [1.82, 2.24) is 0 Å². The summed E-state index contributed by atoms with van der Waals surface area (Å²) in [6.45, 7) is 2.68. The Hall–Kier alpha value is -1.75. The van der Waals surface area contributed by atoms with E-state index in [2.05, 4.69) is 0 Å². The zero-order valence-corrected chi connectivity index (χ0v) is 9.76. The van der Waals surface area contributed by atoms with E-state index in [1.165, 1.54) is 0 Å². The number of nitrogens with two attached hydrogens (primary N) is 1. The highest BCUT2D eigenvalue weighted by molar-refractivity contribution is 5.72. The van der Waals surface area contributed by atoms with Gasteiger partial charge in [0.15, 0.2) is 11.5 Å². The number of benzene rings is 1. The van der Waals surface area contributed by atoms with Gasteiger partial charge in [0.2, 0.25) is 0 Å². The standard InChI is InChI=1S/C12H17NO4/c1-2-16-10-5-3-4-6-11(10)17-8-7-9(13)12(14)15/h3-6,9H,2,7-8,13H2,1H3,(H,14,15)/t9-/m1/s1. The van der Waals surface area contributed by atoms with Crippen LogP contribution in [0.4, 0.5) is 0 Å². The Morgan fingerprint density at radius 1 is 1.35 bits per heavy atom. The molecule has 0 saturated carbocycles. The summed E-state index contributed by atoms with van der Waals surface area (Å²) in [5, 5.41) is 8.61. The molecule has 0 unspecified atom stereocenters. The first-order valence-corrected chi connectivity index (χ1v) is 5.48. The number of hydrogen-bond acceptors (Lipinski definition) is 4. The summed E-state index contributed by atoms with van der Waals surface area (Å²) in [5.41, 5.74) is 5.37. The Bertz CT molecular complexity index is 367. The highest BCUT2D eigenvalue weighted by atomic mass is 16.5. The summed E-state index contributed by atoms with van der Waals surface area (Å²) in [4.78, 5) is 10.5. The third-order valence-corrected chi connectivity index (χ3v) is 2.15. The number of carbonyl (C=O) groups is 1. The maximum atomic E-state index is 10.5. The molecular formula is C12H17NO4. The van der Waals surface area contributed by atoms with Crippen LogP contribution in [0.25, 0.3) is 0 Å². The van der Waals surface area contributed by atoms with Gasteiger partial charge in [-0.15, -0.1) is 0 Å². The fourth-order valence-corrected chi connectivity index (χ4v) is 1.26. The van der Waals surface area contributed by atoms with Gasteiger partial charge in [-0.3, -0.25) is 4.79 Å². The van der Waals surface area contributed by atoms with Crippen molar-refractivity contribution in [2.75, 3.05) is 13.2 Å². The summed E-state index contributed by atoms with van der Waals surface area (Å²) in [6, 6.07) is 6.36. The van der Waals surface area contributed by atoms with Crippen molar-refractivity contribution >= 4 is 5.97 Å². The van der Waals surface area contributed by atoms with Gasteiger partial charge < -0.3 is 20.3 Å². The van der Waals surface area contributed by atoms with Crippen LogP contribution in [-0.2, 0) is 4.79 Å². The maximum Gasteiger partial charge on any atom is 0.320 e. The highest BCUT2D eigenvalue weighted by Gasteiger charge is 2.11. The molecule has 0 heterocycles. The fraction of sp³-hybridized carbons (Fsp3) is 0.417. The first-order valence-electron chi connectivity index (χ1n) is 5.48. The van der Waals surface area contributed by atoms with Gasteiger partial charge in [-0.1, -0.05) is 12.1 Å². The third-order valence-electron chi connectivity index (χ3n) is 2.15. The van der Waals surface area contributed by atoms with E-state index in [0.717, 1.165) is 0 Å². The lowest BCUT2D eigenvalue weighted by molar-refractivity contribution is -0.138. The van der Waals surface area contributed by atoms with Crippen molar-refractivity contribution in [3.63, 3.8) is 0 Å². The van der Waals surface area contributed by atoms with Gasteiger partial charge in [0.05, 0.1) is 13.2 Å². The van der Waals surface area contributed by atoms with Gasteiger partial charge in [-0.25, -0.2) is 0 Å². The third kappa shape index (κ3) is 4.32. The minimum Gasteiger partial charge on any atom is -0.490 e. The molecule has 0 aliphatic rings. The van der Waals surface area contributed by atoms with E-state index in [1.807, 2.05) is 19.1 Å². The Morgan fingerprint density at radius 3 is 2.47 bits per heavy atom. The first-order chi connectivity index (χ1) is 8.15. The number of carboxylic acid groups (broad SMARTS) is 1. The maximum absolute atomic E-state index is 10.5. The van der Waals surface area contributed by atoms with Crippen molar-refractivity contribution < 1.29 is 19.4 Å². The Balaban J connectivity index is 2.48. The number of aliphatic carboxylic acids is 1. The van der Waals surface area contributed by atoms with Gasteiger partial charge in [-0.2, -0.15) is 0 Å². The summed E-state index contributed by atoms with van der Waals surface area (Å²) in [7, 11) is 0. The minimum atomic E-state index is -1.02. The molecule has 0 saturated heterocycles. The molecule has 1 rings (SSSR count). The Morgan fingerprint density at radius 2 is 1.94 bits per heavy atom. The molecule has 0 spiro atoms. The normalized spacial score (nSPS) is 11.9. The van der Waals surface area contributed by atoms with Gasteiger partial charge in [0.1, 0.15) is 6.04 Å². The molecular weight excluding hydrogens is 222 g/mol. The second kappa shape index (κ2) is 6.75. The van der Waals surface area contributed by atoms with Gasteiger partial charge >= 0.3 is 5.97 Å². The van der Waals surface area contributed by atoms with Crippen molar-refractivity contribution in [2.45, 2.75) is 19.4 Å². The predicted molar refractivity (Wildman–Crippen MR) is 63.3 cm³/mol. The topological polar surface area (TPSA) is 81.8 Å². The molecule has 5 nitrogen and oxygen atoms in total. The summed E-state index contributed by atoms with van der Waals surface area (Å²) < 4.78 is 10.8. The van der Waals surface area contributed by atoms with E-state index < -0.39 is 12.0 Å². The number of hydrogen-bond donors (Lipinski definition) is 2. The van der Waals surface area contributed by atoms with E-state index in [4.69, 9.17) is 20.3 Å². The number of ether oxygens (including phenoxy) is 2. The molecule has 17 heavy (non-hydrogen) atoms. The van der Waals surface area contributed by atoms with Crippen LogP contribution >= 0.6 is 0 Å². The smallest absolute Gasteiger partial charge is 0.320 e. The lowest BCUT2D eigenvalue weighted by atomic mass is 10.2. The van der Waals surface area contributed by atoms with E-state index in [-0.39, 0.29) is 13.0 Å². The van der Waals surface area contributed by atoms with Crippen LogP contribution in [-0.4, -0.2) is 30.3 Å². The van der Waals surface area contributed by atoms with Crippen LogP contribution < -0.4 is 15.2 Å². The predicted octanol–water partition coefficient (Wildman–Crippen LogP) is 1.27. The quantitative estimate of drug-likeness (QED) is 0.748. The van der Waals surface area contributed by atoms with Crippen LogP contribution in [0.1, 0.15) is 13.3 Å². The summed E-state index contributed by atoms with van der Waals surface area (Å²) >= 11 is 0. The SMILES string of the molecule is CCOc1ccccc1OCC[C@@H](N)C(=O)O. The van der Waals surface area contributed by atoms with Gasteiger partial charge in [0, 0.05) is 6.42 Å². The van der Waals surface area contributed by atoms with Crippen LogP contribution in [0.15, 0.2) is 24.3 Å². The fourth-order valence-electron chi connectivity index (χ4n) is 1.26. The average Bonchev–Trinajstić information content (AvgIpc) is 2.31. The zero-order valence-electron chi connectivity index (χ0n) is 9.76. The van der Waals surface area contributed by atoms with Gasteiger partial charge in [-0.05, 0) is 19.1 Å². The zero-order chi connectivity index (χ0) is 12.7. The second-order valence-corrected chi connectivity index (χ2v) is 3.46. The Kier molecular flexibility index (Phi) is 5.29. The van der Waals surface area contributed by atoms with Crippen LogP contribution in [0.2, 0.25) is 0 Å². The molecule has 1 aromatic rings. The lowest BCUT2D eigenvalue weighted by Crippen LogP contribution is -2.31. The molecule has 0 aliphatic carbocycles. The van der Waals surface area contributed by atoms with E-state index in [1.54, 1.807) is 12.1 Å². The molecule has 0 aliphatic heterocycles. The molecule has 0 bridgehead atoms. The minimum absolute atomic E-state index is 0.248. The number of rotatable bonds is 7. The monoisotopic (exact) mass is 239 g/mol. The molecule has 5 heteroatoms. The lowest BCUT2D eigenvalue weighted by Gasteiger charge is -2.12. The molecule has 1 aromatic carbocycles. The molecule has 3 N–H and O–H groups in total. The van der Waals surface area contributed by atoms with Crippen molar-refractivity contribution in [1.29, 1.82) is 0 Å². The first kappa shape index (κ1) is 13.3. The summed E-state index contributed by atoms with van der Waals surface area (Å²) in [6.07, 6.45) is 0.260. The largest absolute Gasteiger partial charge is 0.490 e. The van der Waals surface area contributed by atoms with E-state index >= 15 is 0 Å². The molecule has 0 radical (unpaired) electrons. The molecule has 0 amide bonds. The molecule has 0 aromatic heterocycles. The van der Waals surface area contributed by atoms with E-state index in [0.29, 0.717) is 18.1 Å². The van der Waals surface area contributed by atoms with Crippen LogP contribution in [0.5, 0.6) is 11.5 Å². The average molecular weight is 239 g/mol. The number of carboxylic acids is 1. The number of para-hydroxylation sites is 2.